The first-order chi connectivity index (χ1) is 15.2. The summed E-state index contributed by atoms with van der Waals surface area (Å²) in [6.07, 6.45) is 1.71. The fourth-order valence-corrected chi connectivity index (χ4v) is 5.48. The van der Waals surface area contributed by atoms with Gasteiger partial charge in [0, 0.05) is 21.0 Å². The van der Waals surface area contributed by atoms with Crippen LogP contribution in [0.25, 0.3) is 5.70 Å². The van der Waals surface area contributed by atoms with Crippen molar-refractivity contribution in [2.75, 3.05) is 11.6 Å². The van der Waals surface area contributed by atoms with Gasteiger partial charge in [-0.3, -0.25) is 0 Å². The van der Waals surface area contributed by atoms with Gasteiger partial charge in [0.05, 0.1) is 5.70 Å². The summed E-state index contributed by atoms with van der Waals surface area (Å²) in [5.41, 5.74) is 4.23. The molecule has 0 radical (unpaired) electrons. The molecule has 0 spiro atoms. The molecule has 2 aromatic carbocycles. The SMILES string of the molecule is CSc1nc2n(n1)C(c1cccs1)C1=C(N2)c2ccccc2OC1c1ccc(Cl)cc1. The van der Waals surface area contributed by atoms with E-state index in [0.717, 1.165) is 39.3 Å². The summed E-state index contributed by atoms with van der Waals surface area (Å²) in [7, 11) is 0. The highest BCUT2D eigenvalue weighted by atomic mass is 35.5. The fourth-order valence-electron chi connectivity index (χ4n) is 4.18. The van der Waals surface area contributed by atoms with Crippen molar-refractivity contribution < 1.29 is 4.74 Å². The Balaban J connectivity index is 1.62. The van der Waals surface area contributed by atoms with Crippen molar-refractivity contribution in [3.05, 3.63) is 92.6 Å². The van der Waals surface area contributed by atoms with Crippen molar-refractivity contribution in [2.45, 2.75) is 17.3 Å². The van der Waals surface area contributed by atoms with Crippen molar-refractivity contribution in [1.29, 1.82) is 0 Å². The highest BCUT2D eigenvalue weighted by molar-refractivity contribution is 7.98. The first-order valence-electron chi connectivity index (χ1n) is 9.79. The van der Waals surface area contributed by atoms with Crippen molar-refractivity contribution in [3.8, 4) is 5.75 Å². The zero-order chi connectivity index (χ0) is 20.9. The van der Waals surface area contributed by atoms with E-state index >= 15 is 0 Å². The number of ether oxygens (including phenoxy) is 1. The topological polar surface area (TPSA) is 52.0 Å². The minimum Gasteiger partial charge on any atom is -0.480 e. The Morgan fingerprint density at radius 1 is 1.10 bits per heavy atom. The smallest absolute Gasteiger partial charge is 0.227 e. The zero-order valence-electron chi connectivity index (χ0n) is 16.4. The van der Waals surface area contributed by atoms with E-state index in [9.17, 15) is 0 Å². The van der Waals surface area contributed by atoms with Crippen molar-refractivity contribution in [3.63, 3.8) is 0 Å². The summed E-state index contributed by atoms with van der Waals surface area (Å²) in [6, 6.07) is 20.1. The van der Waals surface area contributed by atoms with Gasteiger partial charge in [0.15, 0.2) is 0 Å². The molecule has 31 heavy (non-hydrogen) atoms. The molecule has 8 heteroatoms. The van der Waals surface area contributed by atoms with E-state index in [1.807, 2.05) is 53.4 Å². The van der Waals surface area contributed by atoms with Crippen molar-refractivity contribution in [2.24, 2.45) is 0 Å². The van der Waals surface area contributed by atoms with Crippen LogP contribution < -0.4 is 10.1 Å². The van der Waals surface area contributed by atoms with E-state index in [1.54, 1.807) is 11.3 Å². The monoisotopic (exact) mass is 464 g/mol. The summed E-state index contributed by atoms with van der Waals surface area (Å²) in [5.74, 6) is 1.59. The molecule has 0 amide bonds. The molecule has 4 aromatic rings. The molecule has 0 aliphatic carbocycles. The average molecular weight is 465 g/mol. The van der Waals surface area contributed by atoms with E-state index < -0.39 is 0 Å². The Morgan fingerprint density at radius 2 is 1.94 bits per heavy atom. The van der Waals surface area contributed by atoms with Crippen LogP contribution in [-0.4, -0.2) is 21.0 Å². The predicted molar refractivity (Wildman–Crippen MR) is 126 cm³/mol. The van der Waals surface area contributed by atoms with Gasteiger partial charge in [-0.05, 0) is 47.5 Å². The number of aromatic nitrogens is 3. The Morgan fingerprint density at radius 3 is 2.71 bits per heavy atom. The standard InChI is InChI=1S/C23H17ClN4OS2/c1-30-23-26-22-25-19-15-5-2-3-6-16(15)29-21(13-8-10-14(24)11-9-13)18(19)20(28(22)27-23)17-7-4-12-31-17/h2-12,20-21H,1H3,(H,25,26,27). The zero-order valence-corrected chi connectivity index (χ0v) is 18.8. The number of thioether (sulfide) groups is 1. The van der Waals surface area contributed by atoms with Crippen LogP contribution in [0.2, 0.25) is 5.02 Å². The van der Waals surface area contributed by atoms with Crippen LogP contribution in [-0.2, 0) is 0 Å². The summed E-state index contributed by atoms with van der Waals surface area (Å²) < 4.78 is 8.58. The molecule has 2 aromatic heterocycles. The van der Waals surface area contributed by atoms with Gasteiger partial charge in [0.1, 0.15) is 17.9 Å². The van der Waals surface area contributed by atoms with Gasteiger partial charge in [-0.15, -0.1) is 16.4 Å². The van der Waals surface area contributed by atoms with Gasteiger partial charge in [-0.25, -0.2) is 4.68 Å². The number of rotatable bonds is 3. The summed E-state index contributed by atoms with van der Waals surface area (Å²) >= 11 is 9.42. The Bertz CT molecular complexity index is 1300. The van der Waals surface area contributed by atoms with E-state index in [1.165, 1.54) is 16.6 Å². The van der Waals surface area contributed by atoms with Crippen LogP contribution in [0.5, 0.6) is 5.75 Å². The molecule has 154 valence electrons. The number of anilines is 1. The molecule has 4 heterocycles. The molecule has 1 N–H and O–H groups in total. The highest BCUT2D eigenvalue weighted by Gasteiger charge is 2.41. The summed E-state index contributed by atoms with van der Waals surface area (Å²) in [6.45, 7) is 0. The van der Waals surface area contributed by atoms with Crippen LogP contribution in [0, 0.1) is 0 Å². The molecule has 0 fully saturated rings. The first kappa shape index (κ1) is 19.0. The van der Waals surface area contributed by atoms with Gasteiger partial charge in [0.25, 0.3) is 0 Å². The third kappa shape index (κ3) is 3.07. The largest absolute Gasteiger partial charge is 0.480 e. The number of halogens is 1. The molecule has 2 atom stereocenters. The molecule has 0 saturated carbocycles. The number of thiophene rings is 1. The van der Waals surface area contributed by atoms with Gasteiger partial charge in [0.2, 0.25) is 11.1 Å². The number of hydrogen-bond donors (Lipinski definition) is 1. The van der Waals surface area contributed by atoms with Crippen LogP contribution >= 0.6 is 34.7 Å². The number of hydrogen-bond acceptors (Lipinski definition) is 6. The van der Waals surface area contributed by atoms with Crippen LogP contribution in [0.15, 0.2) is 76.8 Å². The maximum absolute atomic E-state index is 6.60. The Kier molecular flexibility index (Phi) is 4.56. The van der Waals surface area contributed by atoms with Gasteiger partial charge >= 0.3 is 0 Å². The molecule has 0 saturated heterocycles. The number of para-hydroxylation sites is 1. The number of fused-ring (bicyclic) bond motifs is 3. The molecule has 2 aliphatic rings. The molecule has 2 unspecified atom stereocenters. The third-order valence-corrected chi connectivity index (χ3v) is 7.24. The van der Waals surface area contributed by atoms with Crippen LogP contribution in [0.3, 0.4) is 0 Å². The predicted octanol–water partition coefficient (Wildman–Crippen LogP) is 6.27. The lowest BCUT2D eigenvalue weighted by Gasteiger charge is -2.38. The minimum atomic E-state index is -0.281. The summed E-state index contributed by atoms with van der Waals surface area (Å²) in [4.78, 5) is 5.91. The van der Waals surface area contributed by atoms with Crippen molar-refractivity contribution in [1.82, 2.24) is 14.8 Å². The Hall–Kier alpha value is -2.74. The first-order valence-corrected chi connectivity index (χ1v) is 12.3. The second-order valence-electron chi connectivity index (χ2n) is 7.29. The second-order valence-corrected chi connectivity index (χ2v) is 9.47. The number of nitrogens with one attached hydrogen (secondary N) is 1. The molecule has 6 rings (SSSR count). The van der Waals surface area contributed by atoms with Crippen LogP contribution in [0.1, 0.15) is 28.1 Å². The van der Waals surface area contributed by atoms with E-state index in [-0.39, 0.29) is 12.1 Å². The lowest BCUT2D eigenvalue weighted by Crippen LogP contribution is -2.32. The van der Waals surface area contributed by atoms with Gasteiger partial charge in [-0.1, -0.05) is 53.7 Å². The minimum absolute atomic E-state index is 0.117. The highest BCUT2D eigenvalue weighted by Crippen LogP contribution is 2.51. The van der Waals surface area contributed by atoms with Crippen molar-refractivity contribution >= 4 is 46.3 Å². The van der Waals surface area contributed by atoms with Crippen LogP contribution in [0.4, 0.5) is 5.95 Å². The quantitative estimate of drug-likeness (QED) is 0.362. The second kappa shape index (κ2) is 7.44. The molecular weight excluding hydrogens is 448 g/mol. The maximum Gasteiger partial charge on any atom is 0.227 e. The molecular formula is C23H17ClN4OS2. The molecule has 2 aliphatic heterocycles. The normalized spacial score (nSPS) is 19.2. The fraction of sp³-hybridized carbons (Fsp3) is 0.130. The van der Waals surface area contributed by atoms with Gasteiger partial charge in [-0.2, -0.15) is 4.98 Å². The van der Waals surface area contributed by atoms with E-state index in [4.69, 9.17) is 26.4 Å². The number of nitrogens with zero attached hydrogens (tertiary/aromatic N) is 3. The maximum atomic E-state index is 6.60. The summed E-state index contributed by atoms with van der Waals surface area (Å²) in [5, 5.41) is 11.9. The van der Waals surface area contributed by atoms with E-state index in [0.29, 0.717) is 5.02 Å². The molecule has 5 nitrogen and oxygen atoms in total. The van der Waals surface area contributed by atoms with Gasteiger partial charge < -0.3 is 10.1 Å². The lowest BCUT2D eigenvalue weighted by atomic mass is 9.87. The third-order valence-electron chi connectivity index (χ3n) is 5.53. The molecule has 0 bridgehead atoms. The lowest BCUT2D eigenvalue weighted by molar-refractivity contribution is 0.223. The van der Waals surface area contributed by atoms with E-state index in [2.05, 4.69) is 28.9 Å². The average Bonchev–Trinajstić information content (AvgIpc) is 3.47. The number of benzene rings is 2. The Labute approximate surface area is 192 Å².